The fraction of sp³-hybridized carbons (Fsp3) is 0.562. The van der Waals surface area contributed by atoms with Crippen molar-refractivity contribution in [3.05, 3.63) is 24.0 Å². The number of nitrogen functional groups attached to an aromatic ring is 1. The average Bonchev–Trinajstić information content (AvgIpc) is 2.72. The van der Waals surface area contributed by atoms with Crippen LogP contribution in [0.25, 0.3) is 11.0 Å². The highest BCUT2D eigenvalue weighted by molar-refractivity contribution is 5.79. The number of aromatic nitrogens is 2. The standard InChI is InChI=1S/C16H26N4/c1-6-16-18-13-9-12(17)7-8-14(13)20(16)15(11(2)3)10-19(4)5/h7-9,11,15H,6,10,17H2,1-5H3. The number of nitrogens with two attached hydrogens (primary N) is 1. The molecule has 0 aliphatic carbocycles. The molecule has 0 spiro atoms. The Balaban J connectivity index is 2.60. The van der Waals surface area contributed by atoms with Gasteiger partial charge in [0.1, 0.15) is 5.82 Å². The molecule has 0 aliphatic rings. The van der Waals surface area contributed by atoms with Crippen molar-refractivity contribution in [3.63, 3.8) is 0 Å². The van der Waals surface area contributed by atoms with Crippen LogP contribution in [-0.2, 0) is 6.42 Å². The van der Waals surface area contributed by atoms with Gasteiger partial charge in [0.05, 0.1) is 17.1 Å². The Bertz CT molecular complexity index is 583. The number of hydrogen-bond acceptors (Lipinski definition) is 3. The number of fused-ring (bicyclic) bond motifs is 1. The van der Waals surface area contributed by atoms with Gasteiger partial charge < -0.3 is 15.2 Å². The number of anilines is 1. The fourth-order valence-electron chi connectivity index (χ4n) is 2.75. The molecule has 0 amide bonds. The van der Waals surface area contributed by atoms with E-state index in [0.29, 0.717) is 12.0 Å². The third-order valence-corrected chi connectivity index (χ3v) is 3.76. The van der Waals surface area contributed by atoms with Gasteiger partial charge in [-0.1, -0.05) is 20.8 Å². The number of nitrogens with zero attached hydrogens (tertiary/aromatic N) is 3. The first-order valence-electron chi connectivity index (χ1n) is 7.35. The summed E-state index contributed by atoms with van der Waals surface area (Å²) in [6.45, 7) is 7.72. The summed E-state index contributed by atoms with van der Waals surface area (Å²) in [7, 11) is 4.25. The summed E-state index contributed by atoms with van der Waals surface area (Å²) >= 11 is 0. The number of aryl methyl sites for hydroxylation is 1. The van der Waals surface area contributed by atoms with E-state index in [1.165, 1.54) is 5.52 Å². The fourth-order valence-corrected chi connectivity index (χ4v) is 2.75. The first-order chi connectivity index (χ1) is 9.43. The molecule has 1 heterocycles. The number of benzene rings is 1. The molecule has 1 unspecified atom stereocenters. The van der Waals surface area contributed by atoms with Gasteiger partial charge in [0.2, 0.25) is 0 Å². The minimum atomic E-state index is 0.425. The van der Waals surface area contributed by atoms with Crippen LogP contribution in [0.15, 0.2) is 18.2 Å². The Morgan fingerprint density at radius 2 is 2.00 bits per heavy atom. The van der Waals surface area contributed by atoms with Crippen molar-refractivity contribution in [2.45, 2.75) is 33.2 Å². The van der Waals surface area contributed by atoms with Crippen LogP contribution in [0.2, 0.25) is 0 Å². The lowest BCUT2D eigenvalue weighted by Crippen LogP contribution is -2.29. The van der Waals surface area contributed by atoms with E-state index in [-0.39, 0.29) is 0 Å². The average molecular weight is 274 g/mol. The molecular weight excluding hydrogens is 248 g/mol. The minimum absolute atomic E-state index is 0.425. The number of rotatable bonds is 5. The molecule has 4 heteroatoms. The molecule has 20 heavy (non-hydrogen) atoms. The third-order valence-electron chi connectivity index (χ3n) is 3.76. The molecule has 0 bridgehead atoms. The molecule has 2 N–H and O–H groups in total. The summed E-state index contributed by atoms with van der Waals surface area (Å²) in [5.74, 6) is 1.70. The van der Waals surface area contributed by atoms with Crippen LogP contribution in [0, 0.1) is 5.92 Å². The molecule has 0 radical (unpaired) electrons. The lowest BCUT2D eigenvalue weighted by atomic mass is 10.0. The van der Waals surface area contributed by atoms with Gasteiger partial charge in [-0.2, -0.15) is 0 Å². The Labute approximate surface area is 121 Å². The normalized spacial score (nSPS) is 13.6. The van der Waals surface area contributed by atoms with E-state index in [1.807, 2.05) is 12.1 Å². The predicted octanol–water partition coefficient (Wildman–Crippen LogP) is 2.94. The van der Waals surface area contributed by atoms with Crippen LogP contribution in [0.5, 0.6) is 0 Å². The van der Waals surface area contributed by atoms with Crippen molar-refractivity contribution in [1.82, 2.24) is 14.5 Å². The lowest BCUT2D eigenvalue weighted by molar-refractivity contribution is 0.269. The van der Waals surface area contributed by atoms with Crippen LogP contribution in [0.1, 0.15) is 32.6 Å². The van der Waals surface area contributed by atoms with Crippen LogP contribution < -0.4 is 5.73 Å². The summed E-state index contributed by atoms with van der Waals surface area (Å²) in [5.41, 5.74) is 8.86. The van der Waals surface area contributed by atoms with Crippen LogP contribution >= 0.6 is 0 Å². The molecule has 2 aromatic rings. The monoisotopic (exact) mass is 274 g/mol. The maximum absolute atomic E-state index is 5.88. The molecule has 0 saturated carbocycles. The Hall–Kier alpha value is -1.55. The molecule has 1 aromatic heterocycles. The summed E-state index contributed by atoms with van der Waals surface area (Å²) in [4.78, 5) is 7.01. The molecule has 4 nitrogen and oxygen atoms in total. The van der Waals surface area contributed by atoms with Crippen molar-refractivity contribution in [1.29, 1.82) is 0 Å². The van der Waals surface area contributed by atoms with Gasteiger partial charge in [0, 0.05) is 18.7 Å². The van der Waals surface area contributed by atoms with Crippen molar-refractivity contribution in [3.8, 4) is 0 Å². The Morgan fingerprint density at radius 3 is 2.55 bits per heavy atom. The zero-order valence-electron chi connectivity index (χ0n) is 13.2. The third kappa shape index (κ3) is 2.80. The molecule has 2 rings (SSSR count). The first kappa shape index (κ1) is 14.9. The molecule has 1 aromatic carbocycles. The summed E-state index contributed by atoms with van der Waals surface area (Å²) in [6.07, 6.45) is 0.936. The van der Waals surface area contributed by atoms with Crippen LogP contribution in [0.4, 0.5) is 5.69 Å². The molecule has 0 saturated heterocycles. The Kier molecular flexibility index (Phi) is 4.33. The van der Waals surface area contributed by atoms with Gasteiger partial charge in [-0.15, -0.1) is 0 Å². The maximum Gasteiger partial charge on any atom is 0.109 e. The highest BCUT2D eigenvalue weighted by Crippen LogP contribution is 2.28. The van der Waals surface area contributed by atoms with E-state index in [9.17, 15) is 0 Å². The van der Waals surface area contributed by atoms with Crippen molar-refractivity contribution in [2.24, 2.45) is 5.92 Å². The Morgan fingerprint density at radius 1 is 1.30 bits per heavy atom. The minimum Gasteiger partial charge on any atom is -0.399 e. The quantitative estimate of drug-likeness (QED) is 0.853. The maximum atomic E-state index is 5.88. The first-order valence-corrected chi connectivity index (χ1v) is 7.35. The second-order valence-electron chi connectivity index (χ2n) is 6.07. The number of likely N-dealkylation sites (N-methyl/N-ethyl adjacent to an activating group) is 1. The van der Waals surface area contributed by atoms with Gasteiger partial charge in [0.25, 0.3) is 0 Å². The van der Waals surface area contributed by atoms with Crippen molar-refractivity contribution >= 4 is 16.7 Å². The van der Waals surface area contributed by atoms with E-state index < -0.39 is 0 Å². The van der Waals surface area contributed by atoms with Crippen LogP contribution in [0.3, 0.4) is 0 Å². The van der Waals surface area contributed by atoms with Gasteiger partial charge >= 0.3 is 0 Å². The van der Waals surface area contributed by atoms with E-state index in [4.69, 9.17) is 10.7 Å². The van der Waals surface area contributed by atoms with Crippen molar-refractivity contribution in [2.75, 3.05) is 26.4 Å². The summed E-state index contributed by atoms with van der Waals surface area (Å²) < 4.78 is 2.40. The zero-order chi connectivity index (χ0) is 14.9. The number of imidazole rings is 1. The van der Waals surface area contributed by atoms with Gasteiger partial charge in [-0.3, -0.25) is 0 Å². The van der Waals surface area contributed by atoms with E-state index >= 15 is 0 Å². The van der Waals surface area contributed by atoms with E-state index in [0.717, 1.165) is 30.0 Å². The van der Waals surface area contributed by atoms with E-state index in [2.05, 4.69) is 50.4 Å². The second kappa shape index (κ2) is 5.83. The van der Waals surface area contributed by atoms with Crippen LogP contribution in [-0.4, -0.2) is 35.1 Å². The topological polar surface area (TPSA) is 47.1 Å². The second-order valence-corrected chi connectivity index (χ2v) is 6.07. The highest BCUT2D eigenvalue weighted by Gasteiger charge is 2.22. The smallest absolute Gasteiger partial charge is 0.109 e. The van der Waals surface area contributed by atoms with Gasteiger partial charge in [-0.05, 0) is 38.2 Å². The molecule has 110 valence electrons. The predicted molar refractivity (Wildman–Crippen MR) is 86.0 cm³/mol. The van der Waals surface area contributed by atoms with Gasteiger partial charge in [-0.25, -0.2) is 4.98 Å². The summed E-state index contributed by atoms with van der Waals surface area (Å²) in [6, 6.07) is 6.46. The zero-order valence-corrected chi connectivity index (χ0v) is 13.2. The molecule has 1 atom stereocenters. The largest absolute Gasteiger partial charge is 0.399 e. The molecule has 0 aliphatic heterocycles. The SMILES string of the molecule is CCc1nc2cc(N)ccc2n1C(CN(C)C)C(C)C. The van der Waals surface area contributed by atoms with Gasteiger partial charge in [0.15, 0.2) is 0 Å². The lowest BCUT2D eigenvalue weighted by Gasteiger charge is -2.28. The highest BCUT2D eigenvalue weighted by atomic mass is 15.2. The summed E-state index contributed by atoms with van der Waals surface area (Å²) in [5, 5.41) is 0. The van der Waals surface area contributed by atoms with E-state index in [1.54, 1.807) is 0 Å². The molecule has 0 fully saturated rings. The molecular formula is C16H26N4. The van der Waals surface area contributed by atoms with Crippen molar-refractivity contribution < 1.29 is 0 Å². The number of hydrogen-bond donors (Lipinski definition) is 1.